The highest BCUT2D eigenvalue weighted by molar-refractivity contribution is 5.96. The maximum absolute atomic E-state index is 13.0. The second kappa shape index (κ2) is 7.24. The van der Waals surface area contributed by atoms with Crippen LogP contribution in [0.1, 0.15) is 35.2 Å². The SMILES string of the molecule is NC1COC2(CCN(C(=O)c3cnc4c(c3)ncn4Cc3ccccc3)CC2)C1. The molecule has 1 atom stereocenters. The van der Waals surface area contributed by atoms with Crippen molar-refractivity contribution >= 4 is 17.1 Å². The van der Waals surface area contributed by atoms with E-state index in [2.05, 4.69) is 22.1 Å². The molecule has 1 aromatic carbocycles. The number of hydrogen-bond donors (Lipinski definition) is 1. The molecule has 2 aliphatic heterocycles. The van der Waals surface area contributed by atoms with Crippen LogP contribution in [0.5, 0.6) is 0 Å². The van der Waals surface area contributed by atoms with Crippen LogP contribution in [0.15, 0.2) is 48.9 Å². The van der Waals surface area contributed by atoms with Crippen LogP contribution >= 0.6 is 0 Å². The van der Waals surface area contributed by atoms with Crippen molar-refractivity contribution in [2.24, 2.45) is 5.73 Å². The van der Waals surface area contributed by atoms with E-state index in [9.17, 15) is 4.79 Å². The molecule has 1 unspecified atom stereocenters. The zero-order valence-electron chi connectivity index (χ0n) is 16.3. The first kappa shape index (κ1) is 18.3. The minimum absolute atomic E-state index is 0.00848. The molecule has 0 aliphatic carbocycles. The lowest BCUT2D eigenvalue weighted by atomic mass is 9.87. The summed E-state index contributed by atoms with van der Waals surface area (Å²) < 4.78 is 7.95. The number of nitrogens with two attached hydrogens (primary N) is 1. The molecule has 2 fully saturated rings. The van der Waals surface area contributed by atoms with Gasteiger partial charge in [-0.25, -0.2) is 9.97 Å². The zero-order valence-corrected chi connectivity index (χ0v) is 16.3. The lowest BCUT2D eigenvalue weighted by Gasteiger charge is -2.38. The summed E-state index contributed by atoms with van der Waals surface area (Å²) >= 11 is 0. The van der Waals surface area contributed by atoms with Crippen LogP contribution in [0.25, 0.3) is 11.2 Å². The molecule has 3 aromatic rings. The van der Waals surface area contributed by atoms with Crippen LogP contribution in [0.4, 0.5) is 0 Å². The second-order valence-electron chi connectivity index (χ2n) is 8.18. The molecule has 4 heterocycles. The molecule has 7 heteroatoms. The van der Waals surface area contributed by atoms with Crippen molar-refractivity contribution in [1.29, 1.82) is 0 Å². The Labute approximate surface area is 169 Å². The summed E-state index contributed by atoms with van der Waals surface area (Å²) in [5, 5.41) is 0. The average Bonchev–Trinajstić information content (AvgIpc) is 3.32. The molecule has 5 rings (SSSR count). The summed E-state index contributed by atoms with van der Waals surface area (Å²) in [7, 11) is 0. The molecule has 2 aromatic heterocycles. The topological polar surface area (TPSA) is 86.3 Å². The molecular formula is C22H25N5O2. The standard InChI is InChI=1S/C22H25N5O2/c23-18-11-22(29-14-18)6-8-26(9-7-22)21(28)17-10-19-20(24-12-17)27(15-25-19)13-16-4-2-1-3-5-16/h1-5,10,12,15,18H,6-9,11,13-14,23H2. The van der Waals surface area contributed by atoms with E-state index in [-0.39, 0.29) is 17.6 Å². The van der Waals surface area contributed by atoms with Crippen molar-refractivity contribution in [3.8, 4) is 0 Å². The number of piperidine rings is 1. The summed E-state index contributed by atoms with van der Waals surface area (Å²) in [6, 6.07) is 12.2. The minimum Gasteiger partial charge on any atom is -0.373 e. The van der Waals surface area contributed by atoms with Gasteiger partial charge in [0, 0.05) is 25.3 Å². The predicted octanol–water partition coefficient (Wildman–Crippen LogP) is 2.20. The lowest BCUT2D eigenvalue weighted by molar-refractivity contribution is -0.0388. The number of likely N-dealkylation sites (tertiary alicyclic amines) is 1. The average molecular weight is 391 g/mol. The first-order chi connectivity index (χ1) is 14.1. The molecular weight excluding hydrogens is 366 g/mol. The van der Waals surface area contributed by atoms with Gasteiger partial charge in [-0.2, -0.15) is 0 Å². The summed E-state index contributed by atoms with van der Waals surface area (Å²) in [5.41, 5.74) is 9.18. The van der Waals surface area contributed by atoms with E-state index in [0.29, 0.717) is 31.8 Å². The largest absolute Gasteiger partial charge is 0.373 e. The number of imidazole rings is 1. The fourth-order valence-corrected chi connectivity index (χ4v) is 4.49. The summed E-state index contributed by atoms with van der Waals surface area (Å²) in [4.78, 5) is 23.9. The molecule has 2 N–H and O–H groups in total. The highest BCUT2D eigenvalue weighted by Gasteiger charge is 2.42. The number of nitrogens with zero attached hydrogens (tertiary/aromatic N) is 4. The van der Waals surface area contributed by atoms with Gasteiger partial charge in [0.1, 0.15) is 5.52 Å². The minimum atomic E-state index is -0.130. The number of fused-ring (bicyclic) bond motifs is 1. The smallest absolute Gasteiger partial charge is 0.255 e. The fraction of sp³-hybridized carbons (Fsp3) is 0.409. The van der Waals surface area contributed by atoms with Gasteiger partial charge < -0.3 is 19.9 Å². The van der Waals surface area contributed by atoms with Crippen molar-refractivity contribution in [3.63, 3.8) is 0 Å². The first-order valence-electron chi connectivity index (χ1n) is 10.2. The molecule has 2 saturated heterocycles. The molecule has 1 spiro atoms. The van der Waals surface area contributed by atoms with Crippen LogP contribution in [-0.2, 0) is 11.3 Å². The molecule has 0 saturated carbocycles. The quantitative estimate of drug-likeness (QED) is 0.740. The summed E-state index contributed by atoms with van der Waals surface area (Å²) in [5.74, 6) is 0.00848. The lowest BCUT2D eigenvalue weighted by Crippen LogP contribution is -2.46. The summed E-state index contributed by atoms with van der Waals surface area (Å²) in [6.07, 6.45) is 6.02. The van der Waals surface area contributed by atoms with Gasteiger partial charge in [-0.05, 0) is 30.9 Å². The molecule has 2 aliphatic rings. The van der Waals surface area contributed by atoms with Crippen LogP contribution in [0, 0.1) is 0 Å². The number of hydrogen-bond acceptors (Lipinski definition) is 5. The van der Waals surface area contributed by atoms with Gasteiger partial charge in [-0.15, -0.1) is 0 Å². The van der Waals surface area contributed by atoms with Crippen molar-refractivity contribution in [1.82, 2.24) is 19.4 Å². The van der Waals surface area contributed by atoms with Gasteiger partial charge in [0.2, 0.25) is 0 Å². The maximum atomic E-state index is 13.0. The molecule has 150 valence electrons. The van der Waals surface area contributed by atoms with Crippen molar-refractivity contribution in [2.75, 3.05) is 19.7 Å². The third-order valence-corrected chi connectivity index (χ3v) is 6.10. The van der Waals surface area contributed by atoms with Gasteiger partial charge in [0.05, 0.1) is 30.6 Å². The van der Waals surface area contributed by atoms with E-state index in [1.807, 2.05) is 33.7 Å². The molecule has 0 bridgehead atoms. The van der Waals surface area contributed by atoms with Gasteiger partial charge in [0.15, 0.2) is 5.65 Å². The second-order valence-corrected chi connectivity index (χ2v) is 8.18. The molecule has 1 amide bonds. The van der Waals surface area contributed by atoms with Crippen LogP contribution < -0.4 is 5.73 Å². The Morgan fingerprint density at radius 2 is 2.00 bits per heavy atom. The van der Waals surface area contributed by atoms with Gasteiger partial charge in [0.25, 0.3) is 5.91 Å². The highest BCUT2D eigenvalue weighted by atomic mass is 16.5. The number of pyridine rings is 1. The predicted molar refractivity (Wildman–Crippen MR) is 109 cm³/mol. The number of aromatic nitrogens is 3. The van der Waals surface area contributed by atoms with Crippen molar-refractivity contribution in [2.45, 2.75) is 37.5 Å². The van der Waals surface area contributed by atoms with E-state index in [0.717, 1.165) is 30.4 Å². The zero-order chi connectivity index (χ0) is 19.8. The first-order valence-corrected chi connectivity index (χ1v) is 10.2. The van der Waals surface area contributed by atoms with Gasteiger partial charge in [-0.3, -0.25) is 4.79 Å². The number of carbonyl (C=O) groups excluding carboxylic acids is 1. The Bertz CT molecular complexity index is 1020. The maximum Gasteiger partial charge on any atom is 0.255 e. The van der Waals surface area contributed by atoms with E-state index < -0.39 is 0 Å². The van der Waals surface area contributed by atoms with E-state index in [1.54, 1.807) is 12.5 Å². The van der Waals surface area contributed by atoms with E-state index >= 15 is 0 Å². The molecule has 7 nitrogen and oxygen atoms in total. The normalized spacial score (nSPS) is 21.1. The Morgan fingerprint density at radius 3 is 2.72 bits per heavy atom. The van der Waals surface area contributed by atoms with Crippen LogP contribution in [0.2, 0.25) is 0 Å². The third-order valence-electron chi connectivity index (χ3n) is 6.10. The summed E-state index contributed by atoms with van der Waals surface area (Å²) in [6.45, 7) is 2.70. The van der Waals surface area contributed by atoms with Crippen LogP contribution in [0.3, 0.4) is 0 Å². The Morgan fingerprint density at radius 1 is 1.21 bits per heavy atom. The van der Waals surface area contributed by atoms with Crippen LogP contribution in [-0.4, -0.2) is 56.7 Å². The highest BCUT2D eigenvalue weighted by Crippen LogP contribution is 2.35. The molecule has 0 radical (unpaired) electrons. The van der Waals surface area contributed by atoms with Crippen molar-refractivity contribution in [3.05, 3.63) is 60.0 Å². The number of rotatable bonds is 3. The van der Waals surface area contributed by atoms with Gasteiger partial charge in [-0.1, -0.05) is 30.3 Å². The monoisotopic (exact) mass is 391 g/mol. The van der Waals surface area contributed by atoms with Crippen molar-refractivity contribution < 1.29 is 9.53 Å². The Hall–Kier alpha value is -2.77. The Balaban J connectivity index is 1.30. The number of amides is 1. The fourth-order valence-electron chi connectivity index (χ4n) is 4.49. The number of ether oxygens (including phenoxy) is 1. The van der Waals surface area contributed by atoms with E-state index in [1.165, 1.54) is 5.56 Å². The number of carbonyl (C=O) groups is 1. The van der Waals surface area contributed by atoms with Gasteiger partial charge >= 0.3 is 0 Å². The van der Waals surface area contributed by atoms with E-state index in [4.69, 9.17) is 10.5 Å². The molecule has 29 heavy (non-hydrogen) atoms. The number of benzene rings is 1. The Kier molecular flexibility index (Phi) is 4.56. The third kappa shape index (κ3) is 3.52.